The van der Waals surface area contributed by atoms with Crippen LogP contribution in [0.1, 0.15) is 48.0 Å². The van der Waals surface area contributed by atoms with Gasteiger partial charge in [0.2, 0.25) is 0 Å². The molecule has 4 rings (SSSR count). The summed E-state index contributed by atoms with van der Waals surface area (Å²) < 4.78 is 18.2. The summed E-state index contributed by atoms with van der Waals surface area (Å²) in [5.74, 6) is 0.849. The van der Waals surface area contributed by atoms with Crippen LogP contribution >= 0.6 is 11.3 Å². The summed E-state index contributed by atoms with van der Waals surface area (Å²) in [5, 5.41) is 2.17. The van der Waals surface area contributed by atoms with E-state index in [2.05, 4.69) is 57.5 Å². The number of nitrogens with two attached hydrogens (primary N) is 1. The molecule has 0 saturated carbocycles. The monoisotopic (exact) mass is 564 g/mol. The molecule has 1 amide bonds. The predicted octanol–water partition coefficient (Wildman–Crippen LogP) is 7.24. The van der Waals surface area contributed by atoms with Gasteiger partial charge >= 0.3 is 0 Å². The lowest BCUT2D eigenvalue weighted by Crippen LogP contribution is -2.49. The van der Waals surface area contributed by atoms with Crippen molar-refractivity contribution < 1.29 is 18.7 Å². The van der Waals surface area contributed by atoms with Crippen LogP contribution in [0.15, 0.2) is 66.1 Å². The number of amides is 1. The second-order valence-corrected chi connectivity index (χ2v) is 17.2. The second kappa shape index (κ2) is 12.0. The predicted molar refractivity (Wildman–Crippen MR) is 163 cm³/mol. The lowest BCUT2D eigenvalue weighted by atomic mass is 9.98. The molecule has 2 heterocycles. The van der Waals surface area contributed by atoms with Crippen molar-refractivity contribution in [1.29, 1.82) is 0 Å². The summed E-state index contributed by atoms with van der Waals surface area (Å²) in [6.45, 7) is 12.5. The lowest BCUT2D eigenvalue weighted by Gasteiger charge is -2.41. The van der Waals surface area contributed by atoms with E-state index < -0.39 is 8.32 Å². The number of benzene rings is 2. The maximum absolute atomic E-state index is 14.0. The van der Waals surface area contributed by atoms with Gasteiger partial charge in [0.05, 0.1) is 25.3 Å². The fraction of sp³-hybridized carbons (Fsp3) is 0.387. The average molecular weight is 565 g/mol. The van der Waals surface area contributed by atoms with E-state index in [4.69, 9.17) is 19.6 Å². The molecule has 6 nitrogen and oxygen atoms in total. The molecule has 8 heteroatoms. The van der Waals surface area contributed by atoms with Crippen LogP contribution in [0.4, 0.5) is 5.69 Å². The minimum absolute atomic E-state index is 0.0797. The summed E-state index contributed by atoms with van der Waals surface area (Å²) in [4.78, 5) is 17.1. The van der Waals surface area contributed by atoms with Gasteiger partial charge in [-0.2, -0.15) is 0 Å². The molecule has 39 heavy (non-hydrogen) atoms. The van der Waals surface area contributed by atoms with Crippen molar-refractivity contribution in [3.8, 4) is 11.5 Å². The number of carbonyl (C=O) groups excluding carboxylic acids is 1. The number of nitrogen functional groups attached to an aromatic ring is 1. The standard InChI is InChI=1S/C31H40N2O4SSi/c1-31(2,3)39(5,6)37-21-24-17-23(29-13-10-16-38-29)14-15-33(24)30(34)25-18-27(35-4)28(19-26(25)32)36-20-22-11-8-7-9-12-22/h7-14,16,18-19,24H,15,17,20-21,32H2,1-6H3. The zero-order valence-electron chi connectivity index (χ0n) is 23.8. The number of methoxy groups -OCH3 is 1. The maximum atomic E-state index is 14.0. The van der Waals surface area contributed by atoms with Crippen molar-refractivity contribution in [3.05, 3.63) is 82.1 Å². The third-order valence-electron chi connectivity index (χ3n) is 7.78. The number of hydrogen-bond donors (Lipinski definition) is 1. The normalized spacial score (nSPS) is 16.1. The fourth-order valence-corrected chi connectivity index (χ4v) is 6.13. The molecule has 2 N–H and O–H groups in total. The molecule has 1 unspecified atom stereocenters. The number of hydrogen-bond acceptors (Lipinski definition) is 6. The van der Waals surface area contributed by atoms with E-state index >= 15 is 0 Å². The van der Waals surface area contributed by atoms with Gasteiger partial charge < -0.3 is 24.5 Å². The van der Waals surface area contributed by atoms with E-state index in [1.165, 1.54) is 10.5 Å². The van der Waals surface area contributed by atoms with Crippen molar-refractivity contribution in [1.82, 2.24) is 4.90 Å². The molecule has 0 bridgehead atoms. The van der Waals surface area contributed by atoms with Crippen molar-refractivity contribution >= 4 is 36.8 Å². The van der Waals surface area contributed by atoms with Gasteiger partial charge in [0.15, 0.2) is 19.8 Å². The van der Waals surface area contributed by atoms with Crippen LogP contribution in [0.5, 0.6) is 11.5 Å². The van der Waals surface area contributed by atoms with E-state index in [1.54, 1.807) is 30.6 Å². The fourth-order valence-electron chi connectivity index (χ4n) is 4.31. The maximum Gasteiger partial charge on any atom is 0.256 e. The minimum Gasteiger partial charge on any atom is -0.493 e. The van der Waals surface area contributed by atoms with Gasteiger partial charge in [-0.1, -0.05) is 63.2 Å². The smallest absolute Gasteiger partial charge is 0.256 e. The molecule has 0 radical (unpaired) electrons. The van der Waals surface area contributed by atoms with E-state index in [0.717, 1.165) is 12.0 Å². The molecule has 1 atom stereocenters. The second-order valence-electron chi connectivity index (χ2n) is 11.5. The van der Waals surface area contributed by atoms with Crippen LogP contribution in [0.3, 0.4) is 0 Å². The first-order chi connectivity index (χ1) is 18.5. The Morgan fingerprint density at radius 2 is 1.85 bits per heavy atom. The summed E-state index contributed by atoms with van der Waals surface area (Å²) in [6.07, 6.45) is 2.88. The minimum atomic E-state index is -2.01. The highest BCUT2D eigenvalue weighted by molar-refractivity contribution is 7.11. The van der Waals surface area contributed by atoms with Crippen LogP contribution in [0, 0.1) is 0 Å². The first kappa shape index (κ1) is 28.9. The number of thiophene rings is 1. The number of nitrogens with zero attached hydrogens (tertiary/aromatic N) is 1. The summed E-state index contributed by atoms with van der Waals surface area (Å²) in [5.41, 5.74) is 9.51. The highest BCUT2D eigenvalue weighted by atomic mass is 32.1. The molecule has 1 aliphatic rings. The Bertz CT molecular complexity index is 1300. The van der Waals surface area contributed by atoms with Crippen LogP contribution in [0.25, 0.3) is 5.57 Å². The van der Waals surface area contributed by atoms with Crippen LogP contribution in [-0.2, 0) is 11.0 Å². The summed E-state index contributed by atoms with van der Waals surface area (Å²) in [7, 11) is -0.436. The third kappa shape index (κ3) is 6.75. The van der Waals surface area contributed by atoms with E-state index in [1.807, 2.05) is 35.2 Å². The molecular weight excluding hydrogens is 525 g/mol. The SMILES string of the molecule is COc1cc(C(=O)N2CC=C(c3cccs3)CC2CO[Si](C)(C)C(C)(C)C)c(N)cc1OCc1ccccc1. The van der Waals surface area contributed by atoms with E-state index in [-0.39, 0.29) is 17.0 Å². The highest BCUT2D eigenvalue weighted by Crippen LogP contribution is 2.39. The van der Waals surface area contributed by atoms with E-state index in [9.17, 15) is 4.79 Å². The Labute approximate surface area is 237 Å². The quantitative estimate of drug-likeness (QED) is 0.219. The Kier molecular flexibility index (Phi) is 8.89. The molecule has 3 aromatic rings. The lowest BCUT2D eigenvalue weighted by molar-refractivity contribution is 0.0628. The molecule has 0 aliphatic carbocycles. The molecule has 208 valence electrons. The number of anilines is 1. The molecule has 1 aliphatic heterocycles. The molecule has 0 fully saturated rings. The Hall–Kier alpha value is -3.07. The zero-order chi connectivity index (χ0) is 28.2. The topological polar surface area (TPSA) is 74.0 Å². The summed E-state index contributed by atoms with van der Waals surface area (Å²) in [6, 6.07) is 17.4. The van der Waals surface area contributed by atoms with Crippen LogP contribution in [-0.4, -0.2) is 45.4 Å². The molecule has 0 saturated heterocycles. The van der Waals surface area contributed by atoms with Crippen molar-refractivity contribution in [2.45, 2.75) is 58.0 Å². The van der Waals surface area contributed by atoms with Gasteiger partial charge in [0.25, 0.3) is 5.91 Å². The number of ether oxygens (including phenoxy) is 2. The van der Waals surface area contributed by atoms with Gasteiger partial charge in [-0.25, -0.2) is 0 Å². The highest BCUT2D eigenvalue weighted by Gasteiger charge is 2.39. The van der Waals surface area contributed by atoms with Gasteiger partial charge in [-0.05, 0) is 53.2 Å². The van der Waals surface area contributed by atoms with Gasteiger partial charge in [-0.15, -0.1) is 11.3 Å². The number of carbonyl (C=O) groups is 1. The van der Waals surface area contributed by atoms with Crippen molar-refractivity contribution in [2.75, 3.05) is 26.0 Å². The van der Waals surface area contributed by atoms with Gasteiger partial charge in [0.1, 0.15) is 6.61 Å². The van der Waals surface area contributed by atoms with Crippen LogP contribution < -0.4 is 15.2 Å². The Balaban J connectivity index is 1.59. The van der Waals surface area contributed by atoms with Gasteiger partial charge in [-0.3, -0.25) is 4.79 Å². The third-order valence-corrected chi connectivity index (χ3v) is 13.2. The van der Waals surface area contributed by atoms with Crippen molar-refractivity contribution in [2.24, 2.45) is 0 Å². The van der Waals surface area contributed by atoms with Crippen LogP contribution in [0.2, 0.25) is 18.1 Å². The first-order valence-corrected chi connectivity index (χ1v) is 17.1. The molecule has 0 spiro atoms. The molecule has 2 aromatic carbocycles. The molecule has 1 aromatic heterocycles. The van der Waals surface area contributed by atoms with E-state index in [0.29, 0.717) is 42.5 Å². The largest absolute Gasteiger partial charge is 0.493 e. The van der Waals surface area contributed by atoms with Gasteiger partial charge in [0, 0.05) is 23.2 Å². The Morgan fingerprint density at radius 1 is 1.10 bits per heavy atom. The first-order valence-electron chi connectivity index (χ1n) is 13.3. The zero-order valence-corrected chi connectivity index (χ0v) is 25.6. The van der Waals surface area contributed by atoms with Crippen molar-refractivity contribution in [3.63, 3.8) is 0 Å². The molecular formula is C31H40N2O4SSi. The Morgan fingerprint density at radius 3 is 2.49 bits per heavy atom. The average Bonchev–Trinajstić information content (AvgIpc) is 3.45. The summed E-state index contributed by atoms with van der Waals surface area (Å²) >= 11 is 1.72. The number of rotatable bonds is 9.